The fourth-order valence-corrected chi connectivity index (χ4v) is 2.18. The molecule has 4 heteroatoms. The first kappa shape index (κ1) is 14.6. The molecule has 1 rings (SSSR count). The topological polar surface area (TPSA) is 3.24 Å². The largest absolute Gasteiger partial charge is 0.298 e. The molecule has 1 aromatic carbocycles. The van der Waals surface area contributed by atoms with Gasteiger partial charge < -0.3 is 0 Å². The van der Waals surface area contributed by atoms with Gasteiger partial charge in [-0.25, -0.2) is 8.78 Å². The number of unbranched alkanes of at least 4 members (excludes halogenated alkanes) is 1. The lowest BCUT2D eigenvalue weighted by molar-refractivity contribution is 0.269. The number of rotatable bonds is 7. The Morgan fingerprint density at radius 3 is 2.35 bits per heavy atom. The van der Waals surface area contributed by atoms with Gasteiger partial charge in [0.2, 0.25) is 0 Å². The quantitative estimate of drug-likeness (QED) is 0.689. The van der Waals surface area contributed by atoms with Crippen LogP contribution in [0.2, 0.25) is 0 Å². The molecule has 0 unspecified atom stereocenters. The molecule has 0 saturated heterocycles. The summed E-state index contributed by atoms with van der Waals surface area (Å²) in [5.41, 5.74) is 0.171. The van der Waals surface area contributed by atoms with Gasteiger partial charge in [-0.1, -0.05) is 35.3 Å². The van der Waals surface area contributed by atoms with E-state index in [4.69, 9.17) is 0 Å². The van der Waals surface area contributed by atoms with E-state index in [0.717, 1.165) is 31.3 Å². The molecule has 0 aliphatic rings. The van der Waals surface area contributed by atoms with Crippen LogP contribution in [0.3, 0.4) is 0 Å². The van der Waals surface area contributed by atoms with Gasteiger partial charge in [-0.3, -0.25) is 4.90 Å². The summed E-state index contributed by atoms with van der Waals surface area (Å²) in [6.45, 7) is 4.11. The van der Waals surface area contributed by atoms with Crippen LogP contribution in [0.15, 0.2) is 18.2 Å². The Hall–Kier alpha value is -0.480. The number of nitrogens with zero attached hydrogens (tertiary/aromatic N) is 1. The maximum Gasteiger partial charge on any atom is 0.130 e. The maximum atomic E-state index is 13.5. The maximum absolute atomic E-state index is 13.5. The average molecular weight is 306 g/mol. The van der Waals surface area contributed by atoms with Crippen molar-refractivity contribution in [2.45, 2.75) is 26.3 Å². The number of halogens is 3. The van der Waals surface area contributed by atoms with Crippen molar-refractivity contribution in [3.05, 3.63) is 35.4 Å². The lowest BCUT2D eigenvalue weighted by atomic mass is 10.1. The molecule has 0 atom stereocenters. The van der Waals surface area contributed by atoms with Gasteiger partial charge in [-0.05, 0) is 25.1 Å². The molecule has 0 aromatic heterocycles. The highest BCUT2D eigenvalue weighted by molar-refractivity contribution is 9.09. The highest BCUT2D eigenvalue weighted by atomic mass is 79.9. The molecule has 0 aliphatic heterocycles. The van der Waals surface area contributed by atoms with E-state index < -0.39 is 11.6 Å². The Kier molecular flexibility index (Phi) is 6.66. The van der Waals surface area contributed by atoms with Crippen molar-refractivity contribution in [1.82, 2.24) is 4.90 Å². The fraction of sp³-hybridized carbons (Fsp3) is 0.538. The second-order valence-corrected chi connectivity index (χ2v) is 4.81. The van der Waals surface area contributed by atoms with Crippen LogP contribution in [0.4, 0.5) is 8.78 Å². The molecule has 1 aromatic rings. The highest BCUT2D eigenvalue weighted by Gasteiger charge is 2.12. The Labute approximate surface area is 110 Å². The van der Waals surface area contributed by atoms with Gasteiger partial charge in [0.1, 0.15) is 11.6 Å². The first-order valence-corrected chi connectivity index (χ1v) is 7.02. The molecule has 1 nitrogen and oxygen atoms in total. The van der Waals surface area contributed by atoms with E-state index in [1.165, 1.54) is 18.2 Å². The minimum atomic E-state index is -0.457. The van der Waals surface area contributed by atoms with Crippen molar-refractivity contribution in [3.63, 3.8) is 0 Å². The summed E-state index contributed by atoms with van der Waals surface area (Å²) >= 11 is 3.36. The molecule has 96 valence electrons. The highest BCUT2D eigenvalue weighted by Crippen LogP contribution is 2.15. The zero-order valence-corrected chi connectivity index (χ0v) is 11.6. The standard InChI is InChI=1S/C13H18BrF2N/c1-2-3-8-17(9-7-14)10-11-12(15)5-4-6-13(11)16/h4-6H,2-3,7-10H2,1H3. The molecular formula is C13H18BrF2N. The van der Waals surface area contributed by atoms with Crippen LogP contribution in [0.25, 0.3) is 0 Å². The van der Waals surface area contributed by atoms with Crippen molar-refractivity contribution >= 4 is 15.9 Å². The van der Waals surface area contributed by atoms with Crippen LogP contribution < -0.4 is 0 Å². The zero-order chi connectivity index (χ0) is 12.7. The summed E-state index contributed by atoms with van der Waals surface area (Å²) in [6.07, 6.45) is 2.13. The van der Waals surface area contributed by atoms with Gasteiger partial charge in [0.15, 0.2) is 0 Å². The normalized spacial score (nSPS) is 11.1. The van der Waals surface area contributed by atoms with Gasteiger partial charge in [-0.15, -0.1) is 0 Å². The summed E-state index contributed by atoms with van der Waals surface area (Å²) in [5, 5.41) is 0.812. The summed E-state index contributed by atoms with van der Waals surface area (Å²) < 4.78 is 27.0. The van der Waals surface area contributed by atoms with Gasteiger partial charge in [0.05, 0.1) is 0 Å². The molecule has 0 amide bonds. The molecular weight excluding hydrogens is 288 g/mol. The number of hydrogen-bond donors (Lipinski definition) is 0. The number of alkyl halides is 1. The minimum Gasteiger partial charge on any atom is -0.298 e. The molecule has 0 fully saturated rings. The Morgan fingerprint density at radius 1 is 1.18 bits per heavy atom. The molecule has 17 heavy (non-hydrogen) atoms. The lowest BCUT2D eigenvalue weighted by Gasteiger charge is -2.21. The third-order valence-electron chi connectivity index (χ3n) is 2.67. The third-order valence-corrected chi connectivity index (χ3v) is 3.03. The van der Waals surface area contributed by atoms with Crippen LogP contribution >= 0.6 is 15.9 Å². The number of hydrogen-bond acceptors (Lipinski definition) is 1. The first-order valence-electron chi connectivity index (χ1n) is 5.90. The summed E-state index contributed by atoms with van der Waals surface area (Å²) in [4.78, 5) is 2.07. The van der Waals surface area contributed by atoms with Crippen LogP contribution in [-0.4, -0.2) is 23.3 Å². The van der Waals surface area contributed by atoms with Crippen LogP contribution in [0.5, 0.6) is 0 Å². The van der Waals surface area contributed by atoms with Gasteiger partial charge in [0, 0.05) is 24.0 Å². The lowest BCUT2D eigenvalue weighted by Crippen LogP contribution is -2.27. The SMILES string of the molecule is CCCCN(CCBr)Cc1c(F)cccc1F. The molecule has 0 bridgehead atoms. The van der Waals surface area contributed by atoms with Crippen molar-refractivity contribution in [3.8, 4) is 0 Å². The molecule has 0 N–H and O–H groups in total. The van der Waals surface area contributed by atoms with E-state index in [-0.39, 0.29) is 5.56 Å². The van der Waals surface area contributed by atoms with Gasteiger partial charge in [0.25, 0.3) is 0 Å². The molecule has 0 heterocycles. The van der Waals surface area contributed by atoms with Crippen molar-refractivity contribution in [2.75, 3.05) is 18.4 Å². The second kappa shape index (κ2) is 7.77. The first-order chi connectivity index (χ1) is 8.19. The monoisotopic (exact) mass is 305 g/mol. The van der Waals surface area contributed by atoms with Crippen molar-refractivity contribution in [2.24, 2.45) is 0 Å². The fourth-order valence-electron chi connectivity index (χ4n) is 1.68. The van der Waals surface area contributed by atoms with Gasteiger partial charge in [-0.2, -0.15) is 0 Å². The summed E-state index contributed by atoms with van der Waals surface area (Å²) in [5.74, 6) is -0.915. The number of benzene rings is 1. The van der Waals surface area contributed by atoms with E-state index in [1.54, 1.807) is 0 Å². The smallest absolute Gasteiger partial charge is 0.130 e. The predicted octanol–water partition coefficient (Wildman–Crippen LogP) is 3.96. The minimum absolute atomic E-state index is 0.171. The average Bonchev–Trinajstić information content (AvgIpc) is 2.31. The Morgan fingerprint density at radius 2 is 1.82 bits per heavy atom. The van der Waals surface area contributed by atoms with Crippen molar-refractivity contribution < 1.29 is 8.78 Å². The van der Waals surface area contributed by atoms with E-state index in [2.05, 4.69) is 27.8 Å². The van der Waals surface area contributed by atoms with Crippen molar-refractivity contribution in [1.29, 1.82) is 0 Å². The Balaban J connectivity index is 2.70. The molecule has 0 spiro atoms. The van der Waals surface area contributed by atoms with E-state index in [9.17, 15) is 8.78 Å². The van der Waals surface area contributed by atoms with Crippen LogP contribution in [0.1, 0.15) is 25.3 Å². The summed E-state index contributed by atoms with van der Waals surface area (Å²) in [7, 11) is 0. The molecule has 0 saturated carbocycles. The second-order valence-electron chi connectivity index (χ2n) is 4.02. The molecule has 0 aliphatic carbocycles. The van der Waals surface area contributed by atoms with Gasteiger partial charge >= 0.3 is 0 Å². The van der Waals surface area contributed by atoms with E-state index in [0.29, 0.717) is 6.54 Å². The third kappa shape index (κ3) is 4.72. The molecule has 0 radical (unpaired) electrons. The zero-order valence-electron chi connectivity index (χ0n) is 10.1. The van der Waals surface area contributed by atoms with E-state index >= 15 is 0 Å². The Bertz CT molecular complexity index is 324. The summed E-state index contributed by atoms with van der Waals surface area (Å²) in [6, 6.07) is 4.02. The van der Waals surface area contributed by atoms with E-state index in [1.807, 2.05) is 0 Å². The predicted molar refractivity (Wildman–Crippen MR) is 70.3 cm³/mol. The van der Waals surface area contributed by atoms with Crippen LogP contribution in [-0.2, 0) is 6.54 Å². The van der Waals surface area contributed by atoms with Crippen LogP contribution in [0, 0.1) is 11.6 Å².